The molecule has 0 radical (unpaired) electrons. The lowest BCUT2D eigenvalue weighted by Gasteiger charge is -2.32. The minimum Gasteiger partial charge on any atom is -0.447 e. The first-order valence-electron chi connectivity index (χ1n) is 9.27. The molecule has 2 aromatic rings. The molecular formula is C21H22Cl2N2O3S. The fraction of sp³-hybridized carbons (Fsp3) is 0.333. The van der Waals surface area contributed by atoms with Crippen LogP contribution in [0.15, 0.2) is 42.5 Å². The highest BCUT2D eigenvalue weighted by atomic mass is 35.5. The number of anilines is 1. The van der Waals surface area contributed by atoms with Crippen molar-refractivity contribution >= 4 is 52.7 Å². The van der Waals surface area contributed by atoms with E-state index in [9.17, 15) is 9.59 Å². The largest absolute Gasteiger partial charge is 0.447 e. The molecule has 1 N–H and O–H groups in total. The van der Waals surface area contributed by atoms with Crippen LogP contribution in [0, 0.1) is 6.92 Å². The van der Waals surface area contributed by atoms with Gasteiger partial charge in [0.15, 0.2) is 0 Å². The smallest absolute Gasteiger partial charge is 0.411 e. The number of hydrogen-bond donors (Lipinski definition) is 1. The van der Waals surface area contributed by atoms with E-state index in [4.69, 9.17) is 27.9 Å². The van der Waals surface area contributed by atoms with Gasteiger partial charge in [-0.2, -0.15) is 0 Å². The predicted molar refractivity (Wildman–Crippen MR) is 119 cm³/mol. The number of carbonyl (C=O) groups excluding carboxylic acids is 2. The maximum atomic E-state index is 12.6. The van der Waals surface area contributed by atoms with Crippen LogP contribution in [0.5, 0.6) is 0 Å². The minimum absolute atomic E-state index is 0.000379. The molecule has 0 bridgehead atoms. The summed E-state index contributed by atoms with van der Waals surface area (Å²) >= 11 is 13.9. The standard InChI is InChI=1S/C21H22Cl2N2O3S/c1-3-16(11-28-21(27)24-15-7-4-13(2)5-8-15)25-19(26)12-29-20(25)17-9-6-14(22)10-18(17)23/h4-10,16,20H,3,11-12H2,1-2H3,(H,24,27)/t16-,20+/m0/s1. The Hall–Kier alpha value is -1.89. The molecule has 154 valence electrons. The number of amides is 2. The number of carbonyl (C=O) groups is 2. The molecule has 0 saturated carbocycles. The maximum Gasteiger partial charge on any atom is 0.411 e. The lowest BCUT2D eigenvalue weighted by atomic mass is 10.1. The van der Waals surface area contributed by atoms with Gasteiger partial charge >= 0.3 is 6.09 Å². The Balaban J connectivity index is 1.67. The molecule has 2 amide bonds. The molecule has 1 aliphatic rings. The fourth-order valence-corrected chi connectivity index (χ4v) is 4.99. The summed E-state index contributed by atoms with van der Waals surface area (Å²) in [6, 6.07) is 12.5. The van der Waals surface area contributed by atoms with Crippen molar-refractivity contribution in [3.63, 3.8) is 0 Å². The highest BCUT2D eigenvalue weighted by molar-refractivity contribution is 8.00. The van der Waals surface area contributed by atoms with E-state index in [1.54, 1.807) is 17.0 Å². The van der Waals surface area contributed by atoms with E-state index >= 15 is 0 Å². The fourth-order valence-electron chi connectivity index (χ4n) is 3.13. The Morgan fingerprint density at radius 2 is 2.00 bits per heavy atom. The molecule has 1 fully saturated rings. The van der Waals surface area contributed by atoms with Gasteiger partial charge in [-0.05, 0) is 37.6 Å². The van der Waals surface area contributed by atoms with Gasteiger partial charge in [-0.3, -0.25) is 10.1 Å². The molecule has 1 aliphatic heterocycles. The number of thioether (sulfide) groups is 1. The molecule has 29 heavy (non-hydrogen) atoms. The van der Waals surface area contributed by atoms with E-state index in [-0.39, 0.29) is 23.9 Å². The Morgan fingerprint density at radius 3 is 2.66 bits per heavy atom. The van der Waals surface area contributed by atoms with Gasteiger partial charge in [0, 0.05) is 21.3 Å². The van der Waals surface area contributed by atoms with Crippen molar-refractivity contribution in [1.29, 1.82) is 0 Å². The highest BCUT2D eigenvalue weighted by Gasteiger charge is 2.38. The summed E-state index contributed by atoms with van der Waals surface area (Å²) in [4.78, 5) is 26.5. The van der Waals surface area contributed by atoms with Crippen molar-refractivity contribution in [3.8, 4) is 0 Å². The Kier molecular flexibility index (Phi) is 7.33. The van der Waals surface area contributed by atoms with Crippen LogP contribution in [0.2, 0.25) is 10.0 Å². The molecule has 8 heteroatoms. The number of ether oxygens (including phenoxy) is 1. The van der Waals surface area contributed by atoms with Crippen LogP contribution in [-0.4, -0.2) is 35.3 Å². The number of hydrogen-bond acceptors (Lipinski definition) is 4. The summed E-state index contributed by atoms with van der Waals surface area (Å²) in [6.45, 7) is 4.04. The molecule has 2 atom stereocenters. The topological polar surface area (TPSA) is 58.6 Å². The Bertz CT molecular complexity index is 892. The molecule has 5 nitrogen and oxygen atoms in total. The summed E-state index contributed by atoms with van der Waals surface area (Å²) < 4.78 is 5.42. The van der Waals surface area contributed by atoms with Crippen molar-refractivity contribution in [2.75, 3.05) is 17.7 Å². The number of nitrogens with zero attached hydrogens (tertiary/aromatic N) is 1. The molecule has 3 rings (SSSR count). The zero-order valence-electron chi connectivity index (χ0n) is 16.2. The molecule has 1 saturated heterocycles. The first kappa shape index (κ1) is 21.8. The average Bonchev–Trinajstić information content (AvgIpc) is 3.05. The summed E-state index contributed by atoms with van der Waals surface area (Å²) in [5.74, 6) is 0.357. The van der Waals surface area contributed by atoms with Crippen LogP contribution in [-0.2, 0) is 9.53 Å². The Labute approximate surface area is 184 Å². The van der Waals surface area contributed by atoms with E-state index < -0.39 is 6.09 Å². The second kappa shape index (κ2) is 9.74. The van der Waals surface area contributed by atoms with Crippen LogP contribution in [0.1, 0.15) is 29.8 Å². The molecule has 0 unspecified atom stereocenters. The van der Waals surface area contributed by atoms with Gasteiger partial charge in [-0.1, -0.05) is 53.9 Å². The molecule has 2 aromatic carbocycles. The third-order valence-corrected chi connectivity index (χ3v) is 6.48. The summed E-state index contributed by atoms with van der Waals surface area (Å²) in [7, 11) is 0. The van der Waals surface area contributed by atoms with E-state index in [1.807, 2.05) is 44.2 Å². The number of halogens is 2. The van der Waals surface area contributed by atoms with Gasteiger partial charge in [-0.15, -0.1) is 11.8 Å². The maximum absolute atomic E-state index is 12.6. The molecule has 0 aromatic heterocycles. The molecule has 0 aliphatic carbocycles. The molecule has 1 heterocycles. The monoisotopic (exact) mass is 452 g/mol. The number of aryl methyl sites for hydroxylation is 1. The summed E-state index contributed by atoms with van der Waals surface area (Å²) in [5.41, 5.74) is 2.59. The van der Waals surface area contributed by atoms with Crippen LogP contribution in [0.25, 0.3) is 0 Å². The number of benzene rings is 2. The van der Waals surface area contributed by atoms with Crippen LogP contribution >= 0.6 is 35.0 Å². The van der Waals surface area contributed by atoms with E-state index in [1.165, 1.54) is 11.8 Å². The van der Waals surface area contributed by atoms with E-state index in [0.29, 0.717) is 27.9 Å². The van der Waals surface area contributed by atoms with Gasteiger partial charge < -0.3 is 9.64 Å². The zero-order valence-corrected chi connectivity index (χ0v) is 18.5. The molecular weight excluding hydrogens is 431 g/mol. The van der Waals surface area contributed by atoms with Crippen LogP contribution in [0.3, 0.4) is 0 Å². The summed E-state index contributed by atoms with van der Waals surface area (Å²) in [6.07, 6.45) is 0.0962. The van der Waals surface area contributed by atoms with Crippen LogP contribution in [0.4, 0.5) is 10.5 Å². The second-order valence-electron chi connectivity index (χ2n) is 6.78. The third kappa shape index (κ3) is 5.38. The van der Waals surface area contributed by atoms with Crippen molar-refractivity contribution < 1.29 is 14.3 Å². The van der Waals surface area contributed by atoms with Gasteiger partial charge in [0.05, 0.1) is 11.8 Å². The van der Waals surface area contributed by atoms with Crippen molar-refractivity contribution in [1.82, 2.24) is 4.90 Å². The molecule has 0 spiro atoms. The normalized spacial score (nSPS) is 17.3. The van der Waals surface area contributed by atoms with Gasteiger partial charge in [-0.25, -0.2) is 4.79 Å². The lowest BCUT2D eigenvalue weighted by Crippen LogP contribution is -2.41. The lowest BCUT2D eigenvalue weighted by molar-refractivity contribution is -0.131. The van der Waals surface area contributed by atoms with Crippen molar-refractivity contribution in [3.05, 3.63) is 63.6 Å². The first-order chi connectivity index (χ1) is 13.9. The second-order valence-corrected chi connectivity index (χ2v) is 8.69. The predicted octanol–water partition coefficient (Wildman–Crippen LogP) is 5.90. The summed E-state index contributed by atoms with van der Waals surface area (Å²) in [5, 5.41) is 3.53. The Morgan fingerprint density at radius 1 is 1.28 bits per heavy atom. The van der Waals surface area contributed by atoms with E-state index in [2.05, 4.69) is 5.32 Å². The van der Waals surface area contributed by atoms with Crippen molar-refractivity contribution in [2.24, 2.45) is 0 Å². The van der Waals surface area contributed by atoms with Crippen molar-refractivity contribution in [2.45, 2.75) is 31.7 Å². The average molecular weight is 453 g/mol. The highest BCUT2D eigenvalue weighted by Crippen LogP contribution is 2.43. The third-order valence-electron chi connectivity index (χ3n) is 4.70. The zero-order chi connectivity index (χ0) is 21.0. The SMILES string of the molecule is CC[C@@H](COC(=O)Nc1ccc(C)cc1)N1C(=O)CS[C@@H]1c1ccc(Cl)cc1Cl. The van der Waals surface area contributed by atoms with Gasteiger partial charge in [0.2, 0.25) is 5.91 Å². The first-order valence-corrected chi connectivity index (χ1v) is 11.1. The quantitative estimate of drug-likeness (QED) is 0.592. The van der Waals surface area contributed by atoms with Gasteiger partial charge in [0.25, 0.3) is 0 Å². The number of nitrogens with one attached hydrogen (secondary N) is 1. The minimum atomic E-state index is -0.548. The van der Waals surface area contributed by atoms with E-state index in [0.717, 1.165) is 11.1 Å². The van der Waals surface area contributed by atoms with Gasteiger partial charge in [0.1, 0.15) is 12.0 Å². The number of rotatable bonds is 6. The van der Waals surface area contributed by atoms with Crippen LogP contribution < -0.4 is 5.32 Å².